The molecule has 1 aromatic rings. The van der Waals surface area contributed by atoms with Crippen LogP contribution in [0.25, 0.3) is 0 Å². The fourth-order valence-corrected chi connectivity index (χ4v) is 4.04. The van der Waals surface area contributed by atoms with Gasteiger partial charge in [0, 0.05) is 45.7 Å². The number of rotatable bonds is 5. The molecule has 23 heavy (non-hydrogen) atoms. The smallest absolute Gasteiger partial charge is 0.222 e. The second kappa shape index (κ2) is 6.72. The second-order valence-electron chi connectivity index (χ2n) is 7.09. The van der Waals surface area contributed by atoms with Crippen LogP contribution in [-0.2, 0) is 16.0 Å². The summed E-state index contributed by atoms with van der Waals surface area (Å²) in [7, 11) is 3.81. The van der Waals surface area contributed by atoms with Gasteiger partial charge in [-0.05, 0) is 43.1 Å². The van der Waals surface area contributed by atoms with Crippen LogP contribution in [0, 0.1) is 11.8 Å². The summed E-state index contributed by atoms with van der Waals surface area (Å²) in [6.45, 7) is 0.850. The van der Waals surface area contributed by atoms with Crippen LogP contribution in [-0.4, -0.2) is 58.5 Å². The summed E-state index contributed by atoms with van der Waals surface area (Å²) in [6, 6.07) is 0.297. The highest BCUT2D eigenvalue weighted by Crippen LogP contribution is 2.40. The van der Waals surface area contributed by atoms with Gasteiger partial charge in [0.1, 0.15) is 0 Å². The van der Waals surface area contributed by atoms with Crippen molar-refractivity contribution in [1.29, 1.82) is 0 Å². The minimum atomic E-state index is 0.219. The molecule has 1 saturated heterocycles. The molecule has 2 aliphatic rings. The molecule has 2 heterocycles. The van der Waals surface area contributed by atoms with E-state index < -0.39 is 0 Å². The lowest BCUT2D eigenvalue weighted by Gasteiger charge is -2.31. The van der Waals surface area contributed by atoms with Gasteiger partial charge in [-0.15, -0.1) is 0 Å². The number of nitrogens with one attached hydrogen (secondary N) is 1. The fraction of sp³-hybridized carbons (Fsp3) is 0.706. The summed E-state index contributed by atoms with van der Waals surface area (Å²) in [5.74, 6) is 1.49. The molecule has 0 radical (unpaired) electrons. The second-order valence-corrected chi connectivity index (χ2v) is 7.09. The number of fused-ring (bicyclic) bond motifs is 1. The summed E-state index contributed by atoms with van der Waals surface area (Å²) in [5.41, 5.74) is 1.15. The topological polar surface area (TPSA) is 69.3 Å². The number of likely N-dealkylation sites (tertiary alicyclic amines) is 1. The molecule has 3 atom stereocenters. The van der Waals surface area contributed by atoms with E-state index >= 15 is 0 Å². The SMILES string of the molecule is CN1C[C@H]2C[C@@H](N(C)C(=O)CCCc3cn[nH]c3)C[C@H]2CC1=O. The first-order chi connectivity index (χ1) is 11.0. The Balaban J connectivity index is 1.47. The van der Waals surface area contributed by atoms with Gasteiger partial charge < -0.3 is 9.80 Å². The van der Waals surface area contributed by atoms with Gasteiger partial charge in [-0.3, -0.25) is 14.7 Å². The summed E-state index contributed by atoms with van der Waals surface area (Å²) >= 11 is 0. The lowest BCUT2D eigenvalue weighted by Crippen LogP contribution is -2.39. The monoisotopic (exact) mass is 318 g/mol. The fourth-order valence-electron chi connectivity index (χ4n) is 4.04. The van der Waals surface area contributed by atoms with E-state index in [0.717, 1.165) is 37.8 Å². The molecule has 1 aromatic heterocycles. The predicted molar refractivity (Wildman–Crippen MR) is 86.6 cm³/mol. The number of aromatic amines is 1. The van der Waals surface area contributed by atoms with E-state index in [1.165, 1.54) is 0 Å². The number of aryl methyl sites for hydroxylation is 1. The van der Waals surface area contributed by atoms with E-state index in [0.29, 0.717) is 30.7 Å². The molecular weight excluding hydrogens is 292 g/mol. The first kappa shape index (κ1) is 16.0. The number of nitrogens with zero attached hydrogens (tertiary/aromatic N) is 3. The Morgan fingerprint density at radius 2 is 2.22 bits per heavy atom. The van der Waals surface area contributed by atoms with Crippen LogP contribution in [0.5, 0.6) is 0 Å². The molecule has 6 heteroatoms. The lowest BCUT2D eigenvalue weighted by molar-refractivity contribution is -0.135. The van der Waals surface area contributed by atoms with Crippen molar-refractivity contribution in [1.82, 2.24) is 20.0 Å². The predicted octanol–water partition coefficient (Wildman–Crippen LogP) is 1.45. The van der Waals surface area contributed by atoms with E-state index in [4.69, 9.17) is 0 Å². The highest BCUT2D eigenvalue weighted by molar-refractivity contribution is 5.77. The number of amides is 2. The maximum atomic E-state index is 12.4. The number of carbonyl (C=O) groups excluding carboxylic acids is 2. The van der Waals surface area contributed by atoms with Gasteiger partial charge in [0.05, 0.1) is 6.20 Å². The number of H-pyrrole nitrogens is 1. The van der Waals surface area contributed by atoms with E-state index in [-0.39, 0.29) is 11.8 Å². The summed E-state index contributed by atoms with van der Waals surface area (Å²) in [5, 5.41) is 6.71. The van der Waals surface area contributed by atoms with Crippen molar-refractivity contribution in [2.75, 3.05) is 20.6 Å². The van der Waals surface area contributed by atoms with Crippen molar-refractivity contribution in [3.8, 4) is 0 Å². The minimum absolute atomic E-state index is 0.219. The number of carbonyl (C=O) groups is 2. The minimum Gasteiger partial charge on any atom is -0.345 e. The highest BCUT2D eigenvalue weighted by Gasteiger charge is 2.42. The van der Waals surface area contributed by atoms with Crippen LogP contribution >= 0.6 is 0 Å². The Hall–Kier alpha value is -1.85. The first-order valence-electron chi connectivity index (χ1n) is 8.52. The Morgan fingerprint density at radius 3 is 2.96 bits per heavy atom. The van der Waals surface area contributed by atoms with Crippen LogP contribution in [0.4, 0.5) is 0 Å². The van der Waals surface area contributed by atoms with Crippen molar-refractivity contribution in [3.05, 3.63) is 18.0 Å². The average molecular weight is 318 g/mol. The molecular formula is C17H26N4O2. The molecule has 2 amide bonds. The van der Waals surface area contributed by atoms with E-state index in [9.17, 15) is 9.59 Å². The Morgan fingerprint density at radius 1 is 1.43 bits per heavy atom. The Labute approximate surface area is 137 Å². The Kier molecular flexibility index (Phi) is 4.68. The molecule has 126 valence electrons. The summed E-state index contributed by atoms with van der Waals surface area (Å²) in [6.07, 6.45) is 8.66. The quantitative estimate of drug-likeness (QED) is 0.893. The van der Waals surface area contributed by atoms with Gasteiger partial charge in [-0.1, -0.05) is 0 Å². The van der Waals surface area contributed by atoms with Crippen LogP contribution in [0.2, 0.25) is 0 Å². The van der Waals surface area contributed by atoms with E-state index in [2.05, 4.69) is 10.2 Å². The molecule has 1 aliphatic carbocycles. The average Bonchev–Trinajstić information content (AvgIpc) is 3.16. The van der Waals surface area contributed by atoms with Crippen LogP contribution < -0.4 is 0 Å². The van der Waals surface area contributed by atoms with Gasteiger partial charge in [0.25, 0.3) is 0 Å². The maximum absolute atomic E-state index is 12.4. The standard InChI is InChI=1S/C17H26N4O2/c1-20-11-14-7-15(6-13(14)8-17(20)23)21(2)16(22)5-3-4-12-9-18-19-10-12/h9-10,13-15H,3-8,11H2,1-2H3,(H,18,19)/t13-,14+,15-/m0/s1. The van der Waals surface area contributed by atoms with E-state index in [1.54, 1.807) is 0 Å². The van der Waals surface area contributed by atoms with Crippen molar-refractivity contribution < 1.29 is 9.59 Å². The third kappa shape index (κ3) is 3.57. The zero-order valence-corrected chi connectivity index (χ0v) is 14.0. The number of hydrogen-bond acceptors (Lipinski definition) is 3. The molecule has 1 aliphatic heterocycles. The normalized spacial score (nSPS) is 27.1. The highest BCUT2D eigenvalue weighted by atomic mass is 16.2. The largest absolute Gasteiger partial charge is 0.345 e. The maximum Gasteiger partial charge on any atom is 0.222 e. The molecule has 0 bridgehead atoms. The van der Waals surface area contributed by atoms with E-state index in [1.807, 2.05) is 36.3 Å². The summed E-state index contributed by atoms with van der Waals surface area (Å²) < 4.78 is 0. The third-order valence-corrected chi connectivity index (χ3v) is 5.54. The molecule has 3 rings (SSSR count). The zero-order chi connectivity index (χ0) is 16.4. The number of aromatic nitrogens is 2. The molecule has 6 nitrogen and oxygen atoms in total. The van der Waals surface area contributed by atoms with Crippen molar-refractivity contribution in [3.63, 3.8) is 0 Å². The Bertz CT molecular complexity index is 557. The van der Waals surface area contributed by atoms with Gasteiger partial charge in [0.2, 0.25) is 11.8 Å². The van der Waals surface area contributed by atoms with Crippen molar-refractivity contribution in [2.45, 2.75) is 44.6 Å². The zero-order valence-electron chi connectivity index (χ0n) is 14.0. The van der Waals surface area contributed by atoms with Gasteiger partial charge >= 0.3 is 0 Å². The molecule has 1 saturated carbocycles. The molecule has 0 spiro atoms. The van der Waals surface area contributed by atoms with Gasteiger partial charge in [-0.2, -0.15) is 5.10 Å². The van der Waals surface area contributed by atoms with Crippen LogP contribution in [0.15, 0.2) is 12.4 Å². The molecule has 0 aromatic carbocycles. The van der Waals surface area contributed by atoms with Crippen LogP contribution in [0.1, 0.15) is 37.7 Å². The summed E-state index contributed by atoms with van der Waals surface area (Å²) in [4.78, 5) is 28.0. The number of hydrogen-bond donors (Lipinski definition) is 1. The van der Waals surface area contributed by atoms with Gasteiger partial charge in [0.15, 0.2) is 0 Å². The van der Waals surface area contributed by atoms with Gasteiger partial charge in [-0.25, -0.2) is 0 Å². The first-order valence-corrected chi connectivity index (χ1v) is 8.52. The van der Waals surface area contributed by atoms with Crippen molar-refractivity contribution in [2.24, 2.45) is 11.8 Å². The number of piperidine rings is 1. The molecule has 1 N–H and O–H groups in total. The van der Waals surface area contributed by atoms with Crippen molar-refractivity contribution >= 4 is 11.8 Å². The van der Waals surface area contributed by atoms with Crippen LogP contribution in [0.3, 0.4) is 0 Å². The lowest BCUT2D eigenvalue weighted by atomic mass is 9.88. The molecule has 2 fully saturated rings. The molecule has 0 unspecified atom stereocenters. The third-order valence-electron chi connectivity index (χ3n) is 5.54.